The van der Waals surface area contributed by atoms with Gasteiger partial charge in [-0.05, 0) is 38.1 Å². The van der Waals surface area contributed by atoms with Crippen molar-refractivity contribution in [3.63, 3.8) is 0 Å². The number of ketones is 1. The zero-order valence-electron chi connectivity index (χ0n) is 14.5. The molecule has 0 spiro atoms. The first-order valence-electron chi connectivity index (χ1n) is 8.00. The highest BCUT2D eigenvalue weighted by molar-refractivity contribution is 7.15. The molecule has 1 aliphatic rings. The number of hydrogen-bond acceptors (Lipinski definition) is 5. The van der Waals surface area contributed by atoms with Gasteiger partial charge in [-0.3, -0.25) is 14.4 Å². The Morgan fingerprint density at radius 3 is 2.56 bits per heavy atom. The van der Waals surface area contributed by atoms with E-state index in [4.69, 9.17) is 16.3 Å². The van der Waals surface area contributed by atoms with Gasteiger partial charge >= 0.3 is 0 Å². The molecule has 0 saturated carbocycles. The van der Waals surface area contributed by atoms with E-state index in [1.165, 1.54) is 18.2 Å². The van der Waals surface area contributed by atoms with Gasteiger partial charge in [0.25, 0.3) is 17.6 Å². The van der Waals surface area contributed by atoms with Crippen molar-refractivity contribution in [3.05, 3.63) is 50.4 Å². The standard InChI is InChI=1S/C18H16ClFN2O4S/c1-9-11(16(24)21-10-3-4-13(20)12(19)5-10)6-14(27-9)15(23)17(25)22-18(2)7-26-8-18/h3-6H,7-8H2,1-2H3,(H,21,24)(H,22,25). The van der Waals surface area contributed by atoms with Gasteiger partial charge in [0.15, 0.2) is 0 Å². The number of hydrogen-bond donors (Lipinski definition) is 2. The first-order chi connectivity index (χ1) is 12.7. The summed E-state index contributed by atoms with van der Waals surface area (Å²) in [5.41, 5.74) is 0.0384. The second-order valence-electron chi connectivity index (χ2n) is 6.50. The zero-order chi connectivity index (χ0) is 19.8. The molecule has 2 heterocycles. The molecule has 3 rings (SSSR count). The molecule has 6 nitrogen and oxygen atoms in total. The van der Waals surface area contributed by atoms with Gasteiger partial charge in [0, 0.05) is 10.6 Å². The van der Waals surface area contributed by atoms with Crippen LogP contribution in [-0.2, 0) is 9.53 Å². The number of Topliss-reactive ketones (excluding diaryl/α,β-unsaturated/α-hetero) is 1. The van der Waals surface area contributed by atoms with Crippen LogP contribution in [0, 0.1) is 12.7 Å². The van der Waals surface area contributed by atoms with Crippen molar-refractivity contribution in [3.8, 4) is 0 Å². The third-order valence-corrected chi connectivity index (χ3v) is 5.37. The summed E-state index contributed by atoms with van der Waals surface area (Å²) < 4.78 is 18.3. The molecule has 0 atom stereocenters. The topological polar surface area (TPSA) is 84.5 Å². The highest BCUT2D eigenvalue weighted by Crippen LogP contribution is 2.25. The summed E-state index contributed by atoms with van der Waals surface area (Å²) in [7, 11) is 0. The molecule has 0 bridgehead atoms. The number of ether oxygens (including phenoxy) is 1. The Morgan fingerprint density at radius 2 is 1.96 bits per heavy atom. The molecule has 0 unspecified atom stereocenters. The molecular weight excluding hydrogens is 395 g/mol. The van der Waals surface area contributed by atoms with Crippen LogP contribution in [0.15, 0.2) is 24.3 Å². The van der Waals surface area contributed by atoms with Gasteiger partial charge in [-0.1, -0.05) is 11.6 Å². The molecular formula is C18H16ClFN2O4S. The number of carbonyl (C=O) groups is 3. The van der Waals surface area contributed by atoms with E-state index in [2.05, 4.69) is 10.6 Å². The minimum Gasteiger partial charge on any atom is -0.376 e. The van der Waals surface area contributed by atoms with Crippen LogP contribution in [0.5, 0.6) is 0 Å². The molecule has 1 aliphatic heterocycles. The SMILES string of the molecule is Cc1sc(C(=O)C(=O)NC2(C)COC2)cc1C(=O)Nc1ccc(F)c(Cl)c1. The van der Waals surface area contributed by atoms with E-state index >= 15 is 0 Å². The van der Waals surface area contributed by atoms with Crippen LogP contribution in [0.4, 0.5) is 10.1 Å². The van der Waals surface area contributed by atoms with E-state index in [-0.39, 0.29) is 15.5 Å². The molecule has 1 fully saturated rings. The summed E-state index contributed by atoms with van der Waals surface area (Å²) in [6.45, 7) is 4.16. The summed E-state index contributed by atoms with van der Waals surface area (Å²) >= 11 is 6.76. The van der Waals surface area contributed by atoms with Crippen molar-refractivity contribution < 1.29 is 23.5 Å². The summed E-state index contributed by atoms with van der Waals surface area (Å²) in [6, 6.07) is 5.18. The van der Waals surface area contributed by atoms with Gasteiger partial charge in [0.1, 0.15) is 5.82 Å². The van der Waals surface area contributed by atoms with E-state index < -0.39 is 29.0 Å². The van der Waals surface area contributed by atoms with Crippen LogP contribution >= 0.6 is 22.9 Å². The number of aryl methyl sites for hydroxylation is 1. The number of amides is 2. The lowest BCUT2D eigenvalue weighted by molar-refractivity contribution is -0.126. The molecule has 0 aliphatic carbocycles. The van der Waals surface area contributed by atoms with Crippen LogP contribution in [0.3, 0.4) is 0 Å². The lowest BCUT2D eigenvalue weighted by atomic mass is 10.0. The van der Waals surface area contributed by atoms with Crippen LogP contribution < -0.4 is 10.6 Å². The summed E-state index contributed by atoms with van der Waals surface area (Å²) in [5.74, 6) is -2.52. The van der Waals surface area contributed by atoms with E-state index in [1.807, 2.05) is 0 Å². The smallest absolute Gasteiger partial charge is 0.293 e. The minimum atomic E-state index is -0.737. The molecule has 2 aromatic rings. The minimum absolute atomic E-state index is 0.115. The number of halogens is 2. The van der Waals surface area contributed by atoms with E-state index in [9.17, 15) is 18.8 Å². The maximum absolute atomic E-state index is 13.2. The second kappa shape index (κ2) is 7.38. The highest BCUT2D eigenvalue weighted by Gasteiger charge is 2.37. The molecule has 1 saturated heterocycles. The van der Waals surface area contributed by atoms with Crippen LogP contribution in [0.2, 0.25) is 5.02 Å². The summed E-state index contributed by atoms with van der Waals surface area (Å²) in [5, 5.41) is 5.12. The predicted molar refractivity (Wildman–Crippen MR) is 100 cm³/mol. The first kappa shape index (κ1) is 19.5. The Bertz CT molecular complexity index is 939. The average Bonchev–Trinajstić information content (AvgIpc) is 2.98. The molecule has 1 aromatic carbocycles. The van der Waals surface area contributed by atoms with Gasteiger partial charge in [-0.15, -0.1) is 11.3 Å². The van der Waals surface area contributed by atoms with Gasteiger partial charge in [0.05, 0.1) is 34.2 Å². The van der Waals surface area contributed by atoms with E-state index in [0.717, 1.165) is 17.4 Å². The zero-order valence-corrected chi connectivity index (χ0v) is 16.1. The Balaban J connectivity index is 1.73. The van der Waals surface area contributed by atoms with Crippen LogP contribution in [0.1, 0.15) is 31.8 Å². The second-order valence-corrected chi connectivity index (χ2v) is 8.16. The maximum atomic E-state index is 13.2. The average molecular weight is 411 g/mol. The Labute approximate surface area is 163 Å². The fraction of sp³-hybridized carbons (Fsp3) is 0.278. The van der Waals surface area contributed by atoms with Crippen molar-refractivity contribution in [2.24, 2.45) is 0 Å². The maximum Gasteiger partial charge on any atom is 0.293 e. The highest BCUT2D eigenvalue weighted by atomic mass is 35.5. The Kier molecular flexibility index (Phi) is 5.32. The number of anilines is 1. The van der Waals surface area contributed by atoms with Crippen molar-refractivity contribution in [2.45, 2.75) is 19.4 Å². The number of thiophene rings is 1. The lowest BCUT2D eigenvalue weighted by Crippen LogP contribution is -2.61. The fourth-order valence-corrected chi connectivity index (χ4v) is 3.65. The number of benzene rings is 1. The fourth-order valence-electron chi connectivity index (χ4n) is 2.51. The largest absolute Gasteiger partial charge is 0.376 e. The normalized spacial score (nSPS) is 15.0. The van der Waals surface area contributed by atoms with Crippen LogP contribution in [-0.4, -0.2) is 36.4 Å². The number of carbonyl (C=O) groups excluding carboxylic acids is 3. The van der Waals surface area contributed by atoms with E-state index in [0.29, 0.717) is 23.8 Å². The van der Waals surface area contributed by atoms with Gasteiger partial charge in [0.2, 0.25) is 0 Å². The van der Waals surface area contributed by atoms with Crippen molar-refractivity contribution >= 4 is 46.2 Å². The molecule has 27 heavy (non-hydrogen) atoms. The quantitative estimate of drug-likeness (QED) is 0.585. The van der Waals surface area contributed by atoms with Gasteiger partial charge in [-0.2, -0.15) is 0 Å². The molecule has 142 valence electrons. The summed E-state index contributed by atoms with van der Waals surface area (Å²) in [6.07, 6.45) is 0. The summed E-state index contributed by atoms with van der Waals surface area (Å²) in [4.78, 5) is 37.7. The lowest BCUT2D eigenvalue weighted by Gasteiger charge is -2.38. The number of nitrogens with one attached hydrogen (secondary N) is 2. The Morgan fingerprint density at radius 1 is 1.26 bits per heavy atom. The molecule has 2 N–H and O–H groups in total. The van der Waals surface area contributed by atoms with E-state index in [1.54, 1.807) is 13.8 Å². The van der Waals surface area contributed by atoms with Crippen LogP contribution in [0.25, 0.3) is 0 Å². The van der Waals surface area contributed by atoms with Gasteiger partial charge < -0.3 is 15.4 Å². The monoisotopic (exact) mass is 410 g/mol. The third-order valence-electron chi connectivity index (χ3n) is 4.03. The predicted octanol–water partition coefficient (Wildman–Crippen LogP) is 3.19. The molecule has 0 radical (unpaired) electrons. The number of rotatable bonds is 5. The first-order valence-corrected chi connectivity index (χ1v) is 9.19. The Hall–Kier alpha value is -2.29. The van der Waals surface area contributed by atoms with Crippen molar-refractivity contribution in [1.29, 1.82) is 0 Å². The molecule has 9 heteroatoms. The molecule has 1 aromatic heterocycles. The van der Waals surface area contributed by atoms with Crippen molar-refractivity contribution in [2.75, 3.05) is 18.5 Å². The van der Waals surface area contributed by atoms with Gasteiger partial charge in [-0.25, -0.2) is 4.39 Å². The third kappa shape index (κ3) is 4.18. The van der Waals surface area contributed by atoms with Crippen molar-refractivity contribution in [1.82, 2.24) is 5.32 Å². The molecule has 2 amide bonds.